The second kappa shape index (κ2) is 4.03. The summed E-state index contributed by atoms with van der Waals surface area (Å²) in [5.41, 5.74) is 7.22. The Kier molecular flexibility index (Phi) is 2.51. The lowest BCUT2D eigenvalue weighted by molar-refractivity contribution is 0.735. The monoisotopic (exact) mass is 221 g/mol. The summed E-state index contributed by atoms with van der Waals surface area (Å²) in [5, 5.41) is 0. The Hall–Kier alpha value is -1.56. The van der Waals surface area contributed by atoms with Crippen LogP contribution in [0.2, 0.25) is 0 Å². The van der Waals surface area contributed by atoms with Crippen molar-refractivity contribution in [1.29, 1.82) is 0 Å². The fourth-order valence-electron chi connectivity index (χ4n) is 2.77. The van der Waals surface area contributed by atoms with E-state index in [0.29, 0.717) is 5.92 Å². The van der Waals surface area contributed by atoms with E-state index in [2.05, 4.69) is 50.2 Å². The maximum Gasteiger partial charge on any atom is -0.000718 e. The average Bonchev–Trinajstić information content (AvgIpc) is 2.76. The molecule has 1 aliphatic rings. The standard InChI is InChI=1S/C17H17/c1-3-12(2)15-10-6-8-14-11-13-7-4-5-9-16(13)17(14)15/h4-6,8-10,12H,3,11H2,1-2H3. The Morgan fingerprint density at radius 1 is 1.24 bits per heavy atom. The van der Waals surface area contributed by atoms with E-state index in [9.17, 15) is 0 Å². The average molecular weight is 221 g/mol. The Morgan fingerprint density at radius 3 is 2.94 bits per heavy atom. The zero-order chi connectivity index (χ0) is 11.8. The van der Waals surface area contributed by atoms with Gasteiger partial charge in [-0.15, -0.1) is 0 Å². The van der Waals surface area contributed by atoms with Crippen LogP contribution in [0.5, 0.6) is 0 Å². The minimum Gasteiger partial charge on any atom is -0.0648 e. The minimum absolute atomic E-state index is 0.635. The van der Waals surface area contributed by atoms with Gasteiger partial charge in [-0.05, 0) is 52.6 Å². The highest BCUT2D eigenvalue weighted by molar-refractivity contribution is 5.79. The van der Waals surface area contributed by atoms with Crippen molar-refractivity contribution in [3.05, 3.63) is 59.2 Å². The van der Waals surface area contributed by atoms with Crippen molar-refractivity contribution < 1.29 is 0 Å². The summed E-state index contributed by atoms with van der Waals surface area (Å²) < 4.78 is 0. The molecule has 1 unspecified atom stereocenters. The lowest BCUT2D eigenvalue weighted by Gasteiger charge is -2.15. The third-order valence-electron chi connectivity index (χ3n) is 3.90. The van der Waals surface area contributed by atoms with E-state index in [4.69, 9.17) is 0 Å². The number of rotatable bonds is 2. The van der Waals surface area contributed by atoms with Crippen LogP contribution in [0.3, 0.4) is 0 Å². The Balaban J connectivity index is 2.23. The van der Waals surface area contributed by atoms with E-state index in [-0.39, 0.29) is 0 Å². The molecule has 17 heavy (non-hydrogen) atoms. The molecular formula is C17H17. The highest BCUT2D eigenvalue weighted by atomic mass is 14.3. The molecule has 0 bridgehead atoms. The summed E-state index contributed by atoms with van der Waals surface area (Å²) >= 11 is 0. The largest absolute Gasteiger partial charge is 0.0648 e. The van der Waals surface area contributed by atoms with Crippen LogP contribution in [-0.2, 0) is 6.42 Å². The lowest BCUT2D eigenvalue weighted by Crippen LogP contribution is -1.95. The van der Waals surface area contributed by atoms with Gasteiger partial charge in [-0.1, -0.05) is 50.2 Å². The summed E-state index contributed by atoms with van der Waals surface area (Å²) in [4.78, 5) is 0. The van der Waals surface area contributed by atoms with Crippen molar-refractivity contribution in [3.63, 3.8) is 0 Å². The quantitative estimate of drug-likeness (QED) is 0.594. The van der Waals surface area contributed by atoms with Crippen molar-refractivity contribution in [2.24, 2.45) is 0 Å². The number of hydrogen-bond donors (Lipinski definition) is 0. The molecule has 0 nitrogen and oxygen atoms in total. The Labute approximate surface area is 103 Å². The molecule has 1 atom stereocenters. The van der Waals surface area contributed by atoms with Crippen LogP contribution >= 0.6 is 0 Å². The molecule has 85 valence electrons. The molecule has 0 heterocycles. The van der Waals surface area contributed by atoms with Gasteiger partial charge in [0.1, 0.15) is 0 Å². The third kappa shape index (κ3) is 1.59. The summed E-state index contributed by atoms with van der Waals surface area (Å²) in [5.74, 6) is 0.635. The molecular weight excluding hydrogens is 204 g/mol. The highest BCUT2D eigenvalue weighted by Crippen LogP contribution is 2.41. The number of fused-ring (bicyclic) bond motifs is 3. The van der Waals surface area contributed by atoms with E-state index in [1.54, 1.807) is 0 Å². The highest BCUT2D eigenvalue weighted by Gasteiger charge is 2.22. The van der Waals surface area contributed by atoms with Crippen LogP contribution < -0.4 is 0 Å². The maximum atomic E-state index is 3.38. The molecule has 0 fully saturated rings. The van der Waals surface area contributed by atoms with Gasteiger partial charge in [0.25, 0.3) is 0 Å². The van der Waals surface area contributed by atoms with Crippen LogP contribution in [0.1, 0.15) is 42.9 Å². The first-order valence-electron chi connectivity index (χ1n) is 6.43. The predicted molar refractivity (Wildman–Crippen MR) is 72.2 cm³/mol. The molecule has 0 saturated carbocycles. The first-order chi connectivity index (χ1) is 8.31. The Morgan fingerprint density at radius 2 is 2.12 bits per heavy atom. The maximum absolute atomic E-state index is 3.38. The summed E-state index contributed by atoms with van der Waals surface area (Å²) in [7, 11) is 0. The smallest absolute Gasteiger partial charge is 0.000718 e. The lowest BCUT2D eigenvalue weighted by atomic mass is 9.90. The van der Waals surface area contributed by atoms with Crippen LogP contribution in [0.25, 0.3) is 11.1 Å². The van der Waals surface area contributed by atoms with Crippen LogP contribution in [0.15, 0.2) is 36.4 Å². The van der Waals surface area contributed by atoms with Crippen LogP contribution in [0.4, 0.5) is 0 Å². The van der Waals surface area contributed by atoms with Crippen molar-refractivity contribution in [1.82, 2.24) is 0 Å². The van der Waals surface area contributed by atoms with Gasteiger partial charge < -0.3 is 0 Å². The van der Waals surface area contributed by atoms with E-state index in [1.807, 2.05) is 6.07 Å². The second-order valence-corrected chi connectivity index (χ2v) is 4.93. The van der Waals surface area contributed by atoms with E-state index < -0.39 is 0 Å². The van der Waals surface area contributed by atoms with Crippen molar-refractivity contribution in [2.75, 3.05) is 0 Å². The minimum atomic E-state index is 0.635. The fourth-order valence-corrected chi connectivity index (χ4v) is 2.77. The fraction of sp³-hybridized carbons (Fsp3) is 0.294. The first kappa shape index (κ1) is 10.6. The summed E-state index contributed by atoms with van der Waals surface area (Å²) in [6.07, 6.45) is 2.25. The zero-order valence-electron chi connectivity index (χ0n) is 10.5. The van der Waals surface area contributed by atoms with E-state index in [0.717, 1.165) is 6.42 Å². The molecule has 0 heteroatoms. The topological polar surface area (TPSA) is 0 Å². The molecule has 3 rings (SSSR count). The van der Waals surface area contributed by atoms with Crippen molar-refractivity contribution in [3.8, 4) is 11.1 Å². The van der Waals surface area contributed by atoms with Crippen molar-refractivity contribution in [2.45, 2.75) is 32.6 Å². The molecule has 0 saturated heterocycles. The Bertz CT molecular complexity index is 552. The van der Waals surface area contributed by atoms with Gasteiger partial charge >= 0.3 is 0 Å². The molecule has 2 aromatic rings. The predicted octanol–water partition coefficient (Wildman–Crippen LogP) is 4.57. The van der Waals surface area contributed by atoms with E-state index >= 15 is 0 Å². The molecule has 0 aromatic heterocycles. The summed E-state index contributed by atoms with van der Waals surface area (Å²) in [6, 6.07) is 16.5. The molecule has 2 aromatic carbocycles. The normalized spacial score (nSPS) is 14.2. The molecule has 0 N–H and O–H groups in total. The van der Waals surface area contributed by atoms with Gasteiger partial charge in [-0.3, -0.25) is 0 Å². The van der Waals surface area contributed by atoms with Crippen molar-refractivity contribution >= 4 is 0 Å². The van der Waals surface area contributed by atoms with Crippen LogP contribution in [0, 0.1) is 6.07 Å². The van der Waals surface area contributed by atoms with E-state index in [1.165, 1.54) is 34.2 Å². The van der Waals surface area contributed by atoms with Gasteiger partial charge in [0.15, 0.2) is 0 Å². The van der Waals surface area contributed by atoms with Gasteiger partial charge in [-0.2, -0.15) is 0 Å². The summed E-state index contributed by atoms with van der Waals surface area (Å²) in [6.45, 7) is 4.58. The van der Waals surface area contributed by atoms with Gasteiger partial charge in [0.05, 0.1) is 0 Å². The third-order valence-corrected chi connectivity index (χ3v) is 3.90. The SMILES string of the molecule is CCC(C)c1cccc2c1-c1ccc[c]c1C2. The molecule has 1 aliphatic carbocycles. The van der Waals surface area contributed by atoms with Gasteiger partial charge in [0, 0.05) is 0 Å². The molecule has 0 amide bonds. The van der Waals surface area contributed by atoms with Gasteiger partial charge in [0.2, 0.25) is 0 Å². The number of benzene rings is 2. The molecule has 1 radical (unpaired) electrons. The van der Waals surface area contributed by atoms with Crippen LogP contribution in [-0.4, -0.2) is 0 Å². The molecule has 0 aliphatic heterocycles. The second-order valence-electron chi connectivity index (χ2n) is 4.93. The van der Waals surface area contributed by atoms with Gasteiger partial charge in [-0.25, -0.2) is 0 Å². The number of hydrogen-bond acceptors (Lipinski definition) is 0. The molecule has 0 spiro atoms. The zero-order valence-corrected chi connectivity index (χ0v) is 10.5. The first-order valence-corrected chi connectivity index (χ1v) is 6.43.